The molecular weight excluding hydrogens is 351 g/mol. The Morgan fingerprint density at radius 3 is 2.71 bits per heavy atom. The van der Waals surface area contributed by atoms with E-state index in [1.807, 2.05) is 52.9 Å². The third-order valence-electron chi connectivity index (χ3n) is 2.42. The van der Waals surface area contributed by atoms with Gasteiger partial charge in [0.05, 0.1) is 6.33 Å². The fraction of sp³-hybridized carbons (Fsp3) is 0.167. The van der Waals surface area contributed by atoms with Gasteiger partial charge in [0.15, 0.2) is 0 Å². The number of benzene rings is 1. The van der Waals surface area contributed by atoms with Crippen LogP contribution in [0.15, 0.2) is 41.5 Å². The Bertz CT molecular complexity index is 568. The highest BCUT2D eigenvalue weighted by molar-refractivity contribution is 14.1. The van der Waals surface area contributed by atoms with Gasteiger partial charge in [-0.05, 0) is 34.6 Å². The number of aryl methyl sites for hydroxylation is 2. The zero-order valence-corrected chi connectivity index (χ0v) is 11.9. The molecule has 0 aliphatic heterocycles. The van der Waals surface area contributed by atoms with Crippen LogP contribution in [0.4, 0.5) is 0 Å². The zero-order valence-electron chi connectivity index (χ0n) is 8.94. The number of halogens is 2. The van der Waals surface area contributed by atoms with Gasteiger partial charge in [-0.2, -0.15) is 0 Å². The summed E-state index contributed by atoms with van der Waals surface area (Å²) in [7, 11) is 0. The van der Waals surface area contributed by atoms with E-state index < -0.39 is 0 Å². The molecule has 0 N–H and O–H groups in total. The Balaban J connectivity index is 2.16. The van der Waals surface area contributed by atoms with Crippen molar-refractivity contribution in [3.8, 4) is 0 Å². The predicted octanol–water partition coefficient (Wildman–Crippen LogP) is 2.74. The van der Waals surface area contributed by atoms with Gasteiger partial charge in [-0.3, -0.25) is 9.36 Å². The van der Waals surface area contributed by atoms with E-state index in [0.29, 0.717) is 10.1 Å². The lowest BCUT2D eigenvalue weighted by atomic mass is 10.1. The number of aromatic nitrogens is 2. The number of rotatable bonds is 3. The molecule has 0 bridgehead atoms. The van der Waals surface area contributed by atoms with E-state index in [2.05, 4.69) is 4.98 Å². The molecule has 0 atom stereocenters. The molecule has 1 aromatic heterocycles. The SMILES string of the molecule is O=c1c(I)c(Cl)ncn1CCc1ccccc1. The molecule has 88 valence electrons. The number of nitrogens with zero attached hydrogens (tertiary/aromatic N) is 2. The summed E-state index contributed by atoms with van der Waals surface area (Å²) in [6, 6.07) is 10.0. The number of hydrogen-bond donors (Lipinski definition) is 0. The normalized spacial score (nSPS) is 10.5. The van der Waals surface area contributed by atoms with E-state index in [-0.39, 0.29) is 10.7 Å². The molecule has 0 spiro atoms. The van der Waals surface area contributed by atoms with Gasteiger partial charge < -0.3 is 0 Å². The summed E-state index contributed by atoms with van der Waals surface area (Å²) in [6.45, 7) is 0.614. The van der Waals surface area contributed by atoms with E-state index in [4.69, 9.17) is 11.6 Å². The maximum atomic E-state index is 11.8. The molecule has 3 nitrogen and oxygen atoms in total. The van der Waals surface area contributed by atoms with Gasteiger partial charge in [-0.1, -0.05) is 41.9 Å². The number of hydrogen-bond acceptors (Lipinski definition) is 2. The predicted molar refractivity (Wildman–Crippen MR) is 76.4 cm³/mol. The summed E-state index contributed by atoms with van der Waals surface area (Å²) in [5, 5.41) is 0.270. The summed E-state index contributed by atoms with van der Waals surface area (Å²) < 4.78 is 2.06. The molecule has 2 rings (SSSR count). The third-order valence-corrected chi connectivity index (χ3v) is 4.00. The van der Waals surface area contributed by atoms with Crippen molar-refractivity contribution in [3.05, 3.63) is 61.3 Å². The lowest BCUT2D eigenvalue weighted by molar-refractivity contribution is 0.651. The van der Waals surface area contributed by atoms with E-state index in [0.717, 1.165) is 6.42 Å². The van der Waals surface area contributed by atoms with Gasteiger partial charge in [0.2, 0.25) is 0 Å². The van der Waals surface area contributed by atoms with Crippen molar-refractivity contribution < 1.29 is 0 Å². The molecule has 0 aliphatic rings. The van der Waals surface area contributed by atoms with Gasteiger partial charge >= 0.3 is 0 Å². The Morgan fingerprint density at radius 1 is 1.29 bits per heavy atom. The van der Waals surface area contributed by atoms with E-state index in [1.54, 1.807) is 4.57 Å². The molecule has 0 aliphatic carbocycles. The topological polar surface area (TPSA) is 34.9 Å². The van der Waals surface area contributed by atoms with Gasteiger partial charge in [0.25, 0.3) is 5.56 Å². The summed E-state index contributed by atoms with van der Waals surface area (Å²) in [5.74, 6) is 0. The van der Waals surface area contributed by atoms with Crippen LogP contribution in [-0.4, -0.2) is 9.55 Å². The molecule has 0 saturated carbocycles. The lowest BCUT2D eigenvalue weighted by Crippen LogP contribution is -2.24. The fourth-order valence-corrected chi connectivity index (χ4v) is 2.07. The van der Waals surface area contributed by atoms with Crippen molar-refractivity contribution >= 4 is 34.2 Å². The molecule has 1 aromatic carbocycles. The van der Waals surface area contributed by atoms with E-state index in [1.165, 1.54) is 11.9 Å². The minimum Gasteiger partial charge on any atom is -0.298 e. The monoisotopic (exact) mass is 360 g/mol. The van der Waals surface area contributed by atoms with Crippen molar-refractivity contribution in [3.63, 3.8) is 0 Å². The van der Waals surface area contributed by atoms with Crippen LogP contribution in [0, 0.1) is 3.57 Å². The van der Waals surface area contributed by atoms with Crippen LogP contribution in [0.25, 0.3) is 0 Å². The summed E-state index contributed by atoms with van der Waals surface area (Å²) >= 11 is 7.69. The molecule has 17 heavy (non-hydrogen) atoms. The van der Waals surface area contributed by atoms with Crippen LogP contribution in [0.5, 0.6) is 0 Å². The van der Waals surface area contributed by atoms with E-state index in [9.17, 15) is 4.79 Å². The Kier molecular flexibility index (Phi) is 4.17. The lowest BCUT2D eigenvalue weighted by Gasteiger charge is -2.06. The highest BCUT2D eigenvalue weighted by Gasteiger charge is 2.06. The van der Waals surface area contributed by atoms with Crippen molar-refractivity contribution in [1.82, 2.24) is 9.55 Å². The van der Waals surface area contributed by atoms with Gasteiger partial charge in [-0.15, -0.1) is 0 Å². The van der Waals surface area contributed by atoms with Gasteiger partial charge in [0.1, 0.15) is 8.72 Å². The second kappa shape index (κ2) is 5.64. The molecule has 0 saturated heterocycles. The second-order valence-corrected chi connectivity index (χ2v) is 5.02. The van der Waals surface area contributed by atoms with Gasteiger partial charge in [0, 0.05) is 6.54 Å². The zero-order chi connectivity index (χ0) is 12.3. The van der Waals surface area contributed by atoms with Crippen LogP contribution < -0.4 is 5.56 Å². The molecule has 0 fully saturated rings. The maximum Gasteiger partial charge on any atom is 0.268 e. The molecule has 0 radical (unpaired) electrons. The van der Waals surface area contributed by atoms with Crippen molar-refractivity contribution in [2.75, 3.05) is 0 Å². The van der Waals surface area contributed by atoms with Crippen molar-refractivity contribution in [2.45, 2.75) is 13.0 Å². The first kappa shape index (κ1) is 12.6. The summed E-state index contributed by atoms with van der Waals surface area (Å²) in [5.41, 5.74) is 1.12. The Hall–Kier alpha value is -0.880. The van der Waals surface area contributed by atoms with Crippen LogP contribution >= 0.6 is 34.2 Å². The minimum absolute atomic E-state index is 0.0819. The van der Waals surface area contributed by atoms with E-state index >= 15 is 0 Å². The van der Waals surface area contributed by atoms with Crippen LogP contribution in [0.2, 0.25) is 5.15 Å². The largest absolute Gasteiger partial charge is 0.298 e. The summed E-state index contributed by atoms with van der Waals surface area (Å²) in [4.78, 5) is 15.8. The minimum atomic E-state index is -0.0819. The standard InChI is InChI=1S/C12H10ClIN2O/c13-11-10(14)12(17)16(8-15-11)7-6-9-4-2-1-3-5-9/h1-5,8H,6-7H2. The molecule has 0 amide bonds. The quantitative estimate of drug-likeness (QED) is 0.623. The molecular formula is C12H10ClIN2O. The highest BCUT2D eigenvalue weighted by atomic mass is 127. The molecule has 1 heterocycles. The smallest absolute Gasteiger partial charge is 0.268 e. The molecule has 0 unspecified atom stereocenters. The van der Waals surface area contributed by atoms with Crippen molar-refractivity contribution in [2.24, 2.45) is 0 Å². The van der Waals surface area contributed by atoms with Crippen LogP contribution in [-0.2, 0) is 13.0 Å². The van der Waals surface area contributed by atoms with Gasteiger partial charge in [-0.25, -0.2) is 4.98 Å². The third kappa shape index (κ3) is 3.07. The summed E-state index contributed by atoms with van der Waals surface area (Å²) in [6.07, 6.45) is 2.30. The Labute approximate surface area is 118 Å². The first-order chi connectivity index (χ1) is 8.18. The molecule has 5 heteroatoms. The maximum absolute atomic E-state index is 11.8. The Morgan fingerprint density at radius 2 is 2.00 bits per heavy atom. The second-order valence-electron chi connectivity index (χ2n) is 3.58. The first-order valence-corrected chi connectivity index (χ1v) is 6.58. The fourth-order valence-electron chi connectivity index (χ4n) is 1.50. The van der Waals surface area contributed by atoms with Crippen molar-refractivity contribution in [1.29, 1.82) is 0 Å². The highest BCUT2D eigenvalue weighted by Crippen LogP contribution is 2.09. The van der Waals surface area contributed by atoms with Crippen LogP contribution in [0.3, 0.4) is 0 Å². The molecule has 2 aromatic rings. The first-order valence-electron chi connectivity index (χ1n) is 5.13. The van der Waals surface area contributed by atoms with Crippen LogP contribution in [0.1, 0.15) is 5.56 Å². The average molecular weight is 361 g/mol. The average Bonchev–Trinajstić information content (AvgIpc) is 2.36.